The van der Waals surface area contributed by atoms with E-state index in [4.69, 9.17) is 19.9 Å². The lowest BCUT2D eigenvalue weighted by Crippen LogP contribution is -1.93. The molecule has 100 heavy (non-hydrogen) atoms. The highest BCUT2D eigenvalue weighted by Crippen LogP contribution is 2.47. The number of thiophene rings is 2. The molecule has 0 aliphatic heterocycles. The molecule has 6 heterocycles. The molecule has 20 rings (SSSR count). The quantitative estimate of drug-likeness (QED) is 0.137. The fraction of sp³-hybridized carbons (Fsp3) is 0. The first-order valence-electron chi connectivity index (χ1n) is 33.7. The molecule has 0 aliphatic carbocycles. The largest absolute Gasteiger partial charge is 0.309 e. The molecule has 0 atom stereocenters. The Morgan fingerprint density at radius 2 is 0.570 bits per heavy atom. The molecule has 0 fully saturated rings. The van der Waals surface area contributed by atoms with Crippen LogP contribution in [-0.2, 0) is 0 Å². The molecular weight excluding hydrogens is 1250 g/mol. The molecule has 0 spiro atoms. The van der Waals surface area contributed by atoms with Gasteiger partial charge in [-0.15, -0.1) is 22.7 Å². The van der Waals surface area contributed by atoms with Gasteiger partial charge in [-0.3, -0.25) is 0 Å². The van der Waals surface area contributed by atoms with Crippen molar-refractivity contribution in [2.24, 2.45) is 0 Å². The lowest BCUT2D eigenvalue weighted by Gasteiger charge is -2.10. The summed E-state index contributed by atoms with van der Waals surface area (Å²) in [6, 6.07) is 125. The highest BCUT2D eigenvalue weighted by atomic mass is 32.1. The van der Waals surface area contributed by atoms with Crippen LogP contribution in [-0.4, -0.2) is 29.1 Å². The van der Waals surface area contributed by atoms with E-state index in [1.165, 1.54) is 114 Å². The lowest BCUT2D eigenvalue weighted by molar-refractivity contribution is 1.18. The van der Waals surface area contributed by atoms with E-state index in [0.29, 0.717) is 0 Å². The van der Waals surface area contributed by atoms with Gasteiger partial charge in [-0.2, -0.15) is 0 Å². The van der Waals surface area contributed by atoms with E-state index < -0.39 is 0 Å². The zero-order valence-corrected chi connectivity index (χ0v) is 55.6. The van der Waals surface area contributed by atoms with Crippen LogP contribution < -0.4 is 0 Å². The van der Waals surface area contributed by atoms with Crippen LogP contribution in [0, 0.1) is 0 Å². The van der Waals surface area contributed by atoms with Crippen molar-refractivity contribution >= 4 is 107 Å². The van der Waals surface area contributed by atoms with Gasteiger partial charge < -0.3 is 9.13 Å². The third-order valence-electron chi connectivity index (χ3n) is 19.3. The molecule has 14 aromatic carbocycles. The predicted octanol–water partition coefficient (Wildman–Crippen LogP) is 25.2. The van der Waals surface area contributed by atoms with Crippen LogP contribution >= 0.6 is 22.7 Å². The van der Waals surface area contributed by atoms with E-state index in [0.717, 1.165) is 71.4 Å². The van der Waals surface area contributed by atoms with Gasteiger partial charge in [0.25, 0.3) is 0 Å². The predicted molar refractivity (Wildman–Crippen MR) is 422 cm³/mol. The van der Waals surface area contributed by atoms with Crippen molar-refractivity contribution in [3.05, 3.63) is 352 Å². The standard InChI is InChI=1S/2C46H29N3S/c1-4-14-32(15-5-1)43-45-44(48-46(47-43)33-16-6-2-7-17-33)42-36(22-13-25-40(42)50-45)31-28-26-30(27-29-31)35-21-12-24-39-41(35)37-20-10-11-23-38(37)49(39)34-18-8-3-9-19-34;1-4-13-32(14-5-1)43-45-44(48-46(47-43)33-15-6-2-7-16-33)42-36(20-12-22-41(42)50-45)31-25-23-30(24-26-31)34-27-28-40-38(29-34)37-19-10-11-21-39(37)49(40)35-17-8-3-9-18-35/h2*1-29H. The van der Waals surface area contributed by atoms with Gasteiger partial charge in [-0.25, -0.2) is 19.9 Å². The SMILES string of the molecule is c1ccc(-c2nc(-c3ccccc3)c3sc4cccc(-c5ccc(-c6ccc7c(c6)c6ccccc6n7-c6ccccc6)cc5)c4c3n2)cc1.c1ccc(-c2nc(-c3ccccc3)c3sc4cccc(-c5ccc(-c6cccc7c6c6ccccc6n7-c6ccccc6)cc5)c4c3n2)cc1. The van der Waals surface area contributed by atoms with Crippen molar-refractivity contribution in [1.82, 2.24) is 29.1 Å². The molecule has 0 aliphatic rings. The molecule has 6 nitrogen and oxygen atoms in total. The van der Waals surface area contributed by atoms with Crippen LogP contribution in [0.2, 0.25) is 0 Å². The molecule has 0 saturated carbocycles. The zero-order valence-electron chi connectivity index (χ0n) is 54.0. The molecule has 468 valence electrons. The Bertz CT molecular complexity index is 6470. The van der Waals surface area contributed by atoms with Crippen LogP contribution in [0.15, 0.2) is 352 Å². The van der Waals surface area contributed by atoms with Gasteiger partial charge in [0.2, 0.25) is 0 Å². The number of rotatable bonds is 10. The second-order valence-electron chi connectivity index (χ2n) is 25.1. The lowest BCUT2D eigenvalue weighted by atomic mass is 9.95. The second-order valence-corrected chi connectivity index (χ2v) is 27.2. The van der Waals surface area contributed by atoms with Gasteiger partial charge >= 0.3 is 0 Å². The van der Waals surface area contributed by atoms with Gasteiger partial charge in [0.05, 0.1) is 53.9 Å². The first kappa shape index (κ1) is 58.6. The molecule has 0 bridgehead atoms. The van der Waals surface area contributed by atoms with Crippen LogP contribution in [0.5, 0.6) is 0 Å². The van der Waals surface area contributed by atoms with Crippen molar-refractivity contribution in [1.29, 1.82) is 0 Å². The average Bonchev–Trinajstić information content (AvgIpc) is 1.70. The topological polar surface area (TPSA) is 61.4 Å². The zero-order chi connectivity index (χ0) is 66.0. The monoisotopic (exact) mass is 1310 g/mol. The molecule has 0 N–H and O–H groups in total. The first-order valence-corrected chi connectivity index (χ1v) is 35.3. The van der Waals surface area contributed by atoms with E-state index in [2.05, 4.69) is 319 Å². The smallest absolute Gasteiger partial charge is 0.160 e. The summed E-state index contributed by atoms with van der Waals surface area (Å²) in [6.45, 7) is 0. The maximum Gasteiger partial charge on any atom is 0.160 e. The van der Waals surface area contributed by atoms with Gasteiger partial charge in [0.15, 0.2) is 11.6 Å². The maximum absolute atomic E-state index is 5.26. The van der Waals surface area contributed by atoms with Gasteiger partial charge in [0.1, 0.15) is 0 Å². The molecule has 0 unspecified atom stereocenters. The first-order chi connectivity index (χ1) is 49.6. The normalized spacial score (nSPS) is 11.6. The average molecular weight is 1310 g/mol. The third-order valence-corrected chi connectivity index (χ3v) is 21.6. The van der Waals surface area contributed by atoms with Crippen LogP contribution in [0.25, 0.3) is 185 Å². The van der Waals surface area contributed by atoms with Crippen molar-refractivity contribution in [3.63, 3.8) is 0 Å². The summed E-state index contributed by atoms with van der Waals surface area (Å²) >= 11 is 3.54. The number of fused-ring (bicyclic) bond motifs is 12. The molecule has 0 radical (unpaired) electrons. The van der Waals surface area contributed by atoms with E-state index >= 15 is 0 Å². The minimum absolute atomic E-state index is 0.740. The number of para-hydroxylation sites is 4. The fourth-order valence-electron chi connectivity index (χ4n) is 14.7. The van der Waals surface area contributed by atoms with Crippen LogP contribution in [0.3, 0.4) is 0 Å². The number of aromatic nitrogens is 6. The number of nitrogens with zero attached hydrogens (tertiary/aromatic N) is 6. The summed E-state index contributed by atoms with van der Waals surface area (Å²) in [4.78, 5) is 20.8. The molecule has 8 heteroatoms. The maximum atomic E-state index is 5.26. The van der Waals surface area contributed by atoms with Crippen LogP contribution in [0.4, 0.5) is 0 Å². The van der Waals surface area contributed by atoms with Crippen molar-refractivity contribution in [3.8, 4) is 101 Å². The summed E-state index contributed by atoms with van der Waals surface area (Å²) in [6.07, 6.45) is 0. The molecule has 6 aromatic heterocycles. The summed E-state index contributed by atoms with van der Waals surface area (Å²) < 4.78 is 9.36. The molecule has 20 aromatic rings. The minimum Gasteiger partial charge on any atom is -0.309 e. The van der Waals surface area contributed by atoms with Crippen molar-refractivity contribution in [2.45, 2.75) is 0 Å². The summed E-state index contributed by atoms with van der Waals surface area (Å²) in [5, 5.41) is 7.38. The van der Waals surface area contributed by atoms with Crippen LogP contribution in [0.1, 0.15) is 0 Å². The Hall–Kier alpha value is -12.7. The van der Waals surface area contributed by atoms with E-state index in [-0.39, 0.29) is 0 Å². The second kappa shape index (κ2) is 24.7. The molecule has 0 amide bonds. The Morgan fingerprint density at radius 1 is 0.220 bits per heavy atom. The molecular formula is C92H58N6S2. The highest BCUT2D eigenvalue weighted by molar-refractivity contribution is 7.26. The van der Waals surface area contributed by atoms with Crippen molar-refractivity contribution < 1.29 is 0 Å². The Balaban J connectivity index is 0.000000139. The third kappa shape index (κ3) is 10.2. The Kier molecular flexibility index (Phi) is 14.5. The number of hydrogen-bond donors (Lipinski definition) is 0. The summed E-state index contributed by atoms with van der Waals surface area (Å²) in [5.41, 5.74) is 24.8. The molecule has 0 saturated heterocycles. The van der Waals surface area contributed by atoms with E-state index in [1.54, 1.807) is 22.7 Å². The number of hydrogen-bond acceptors (Lipinski definition) is 6. The summed E-state index contributed by atoms with van der Waals surface area (Å²) in [5.74, 6) is 1.48. The van der Waals surface area contributed by atoms with Gasteiger partial charge in [0, 0.05) is 75.3 Å². The summed E-state index contributed by atoms with van der Waals surface area (Å²) in [7, 11) is 0. The van der Waals surface area contributed by atoms with Gasteiger partial charge in [-0.1, -0.05) is 285 Å². The van der Waals surface area contributed by atoms with E-state index in [9.17, 15) is 0 Å². The number of benzene rings is 14. The minimum atomic E-state index is 0.740. The van der Waals surface area contributed by atoms with E-state index in [1.807, 2.05) is 42.5 Å². The van der Waals surface area contributed by atoms with Gasteiger partial charge in [-0.05, 0) is 111 Å². The Labute approximate surface area is 585 Å². The van der Waals surface area contributed by atoms with Crippen molar-refractivity contribution in [2.75, 3.05) is 0 Å². The fourth-order valence-corrected chi connectivity index (χ4v) is 17.0. The Morgan fingerprint density at radius 3 is 1.05 bits per heavy atom. The highest BCUT2D eigenvalue weighted by Gasteiger charge is 2.23.